The van der Waals surface area contributed by atoms with Gasteiger partial charge < -0.3 is 24.6 Å². The number of rotatable bonds is 5. The van der Waals surface area contributed by atoms with E-state index in [0.717, 1.165) is 16.6 Å². The molecule has 7 heteroatoms. The molecule has 2 amide bonds. The van der Waals surface area contributed by atoms with Crippen molar-refractivity contribution in [1.82, 2.24) is 14.8 Å². The smallest absolute Gasteiger partial charge is 0.260 e. The van der Waals surface area contributed by atoms with Crippen LogP contribution in [0.15, 0.2) is 24.3 Å². The van der Waals surface area contributed by atoms with Crippen molar-refractivity contribution in [2.24, 2.45) is 13.0 Å². The molecular formula is C22H31N3O4. The van der Waals surface area contributed by atoms with E-state index in [4.69, 9.17) is 4.74 Å². The highest BCUT2D eigenvalue weighted by molar-refractivity contribution is 5.83. The molecule has 3 rings (SSSR count). The molecule has 2 atom stereocenters. The zero-order chi connectivity index (χ0) is 21.1. The number of carbonyl (C=O) groups excluding carboxylic acids is 2. The van der Waals surface area contributed by atoms with Crippen LogP contribution < -0.4 is 10.1 Å². The summed E-state index contributed by atoms with van der Waals surface area (Å²) in [5, 5.41) is 14.3. The zero-order valence-electron chi connectivity index (χ0n) is 17.6. The lowest BCUT2D eigenvalue weighted by Gasteiger charge is -2.22. The van der Waals surface area contributed by atoms with Gasteiger partial charge >= 0.3 is 0 Å². The maximum absolute atomic E-state index is 12.6. The van der Waals surface area contributed by atoms with E-state index in [2.05, 4.69) is 22.9 Å². The fourth-order valence-corrected chi connectivity index (χ4v) is 3.65. The minimum absolute atomic E-state index is 0.0452. The van der Waals surface area contributed by atoms with Crippen molar-refractivity contribution in [2.75, 3.05) is 19.7 Å². The highest BCUT2D eigenvalue weighted by Crippen LogP contribution is 2.23. The fraction of sp³-hybridized carbons (Fsp3) is 0.545. The van der Waals surface area contributed by atoms with Crippen LogP contribution in [-0.4, -0.2) is 58.2 Å². The molecule has 0 spiro atoms. The van der Waals surface area contributed by atoms with Crippen molar-refractivity contribution < 1.29 is 19.4 Å². The van der Waals surface area contributed by atoms with Crippen LogP contribution in [0, 0.1) is 12.8 Å². The summed E-state index contributed by atoms with van der Waals surface area (Å²) >= 11 is 0. The van der Waals surface area contributed by atoms with E-state index in [-0.39, 0.29) is 30.4 Å². The van der Waals surface area contributed by atoms with Crippen LogP contribution in [0.5, 0.6) is 5.75 Å². The number of aliphatic hydroxyl groups is 1. The molecule has 2 N–H and O–H groups in total. The largest absolute Gasteiger partial charge is 0.484 e. The first-order valence-electron chi connectivity index (χ1n) is 10.2. The van der Waals surface area contributed by atoms with Crippen molar-refractivity contribution in [3.8, 4) is 5.75 Å². The molecule has 0 saturated carbocycles. The number of carbonyl (C=O) groups is 2. The van der Waals surface area contributed by atoms with Gasteiger partial charge in [0.05, 0.1) is 12.1 Å². The van der Waals surface area contributed by atoms with E-state index in [9.17, 15) is 14.7 Å². The van der Waals surface area contributed by atoms with Crippen LogP contribution in [0.3, 0.4) is 0 Å². The molecule has 0 unspecified atom stereocenters. The molecule has 1 aliphatic heterocycles. The van der Waals surface area contributed by atoms with Gasteiger partial charge in [0.1, 0.15) is 5.75 Å². The number of ether oxygens (including phenoxy) is 1. The predicted octanol–water partition coefficient (Wildman–Crippen LogP) is 1.99. The first kappa shape index (κ1) is 21.2. The molecule has 1 aromatic heterocycles. The second-order valence-corrected chi connectivity index (χ2v) is 8.15. The van der Waals surface area contributed by atoms with Crippen molar-refractivity contribution in [2.45, 2.75) is 45.8 Å². The third kappa shape index (κ3) is 4.90. The highest BCUT2D eigenvalue weighted by atomic mass is 16.5. The van der Waals surface area contributed by atoms with E-state index in [1.165, 1.54) is 0 Å². The number of aromatic nitrogens is 1. The van der Waals surface area contributed by atoms with E-state index in [1.54, 1.807) is 4.90 Å². The molecule has 1 aromatic carbocycles. The van der Waals surface area contributed by atoms with Crippen LogP contribution in [0.25, 0.3) is 10.9 Å². The number of hydrogen-bond acceptors (Lipinski definition) is 4. The Kier molecular flexibility index (Phi) is 6.47. The van der Waals surface area contributed by atoms with Gasteiger partial charge in [-0.15, -0.1) is 0 Å². The van der Waals surface area contributed by atoms with E-state index in [0.29, 0.717) is 31.7 Å². The van der Waals surface area contributed by atoms with Crippen LogP contribution in [0.2, 0.25) is 0 Å². The Morgan fingerprint density at radius 1 is 1.24 bits per heavy atom. The summed E-state index contributed by atoms with van der Waals surface area (Å²) in [6.07, 6.45) is 0.310. The minimum Gasteiger partial charge on any atom is -0.484 e. The molecule has 0 aliphatic carbocycles. The van der Waals surface area contributed by atoms with Crippen LogP contribution >= 0.6 is 0 Å². The van der Waals surface area contributed by atoms with Gasteiger partial charge in [0.2, 0.25) is 5.91 Å². The monoisotopic (exact) mass is 401 g/mol. The van der Waals surface area contributed by atoms with Crippen molar-refractivity contribution >= 4 is 22.7 Å². The van der Waals surface area contributed by atoms with Gasteiger partial charge in [-0.2, -0.15) is 0 Å². The Balaban J connectivity index is 1.56. The van der Waals surface area contributed by atoms with E-state index in [1.807, 2.05) is 39.1 Å². The fourth-order valence-electron chi connectivity index (χ4n) is 3.65. The second kappa shape index (κ2) is 8.86. The van der Waals surface area contributed by atoms with Gasteiger partial charge in [-0.25, -0.2) is 0 Å². The highest BCUT2D eigenvalue weighted by Gasteiger charge is 2.28. The van der Waals surface area contributed by atoms with Gasteiger partial charge in [-0.1, -0.05) is 13.8 Å². The number of aliphatic hydroxyl groups excluding tert-OH is 1. The Hall–Kier alpha value is -2.54. The summed E-state index contributed by atoms with van der Waals surface area (Å²) in [6, 6.07) is 7.57. The average Bonchev–Trinajstić information content (AvgIpc) is 2.84. The number of fused-ring (bicyclic) bond motifs is 1. The molecule has 1 fully saturated rings. The number of likely N-dealkylation sites (tertiary alicyclic amines) is 1. The minimum atomic E-state index is -0.653. The number of amides is 2. The molecule has 0 bridgehead atoms. The Labute approximate surface area is 171 Å². The molecule has 2 heterocycles. The number of hydrogen-bond donors (Lipinski definition) is 2. The standard InChI is InChI=1S/C22H31N3O4/c1-14(2)22(28)23-18-7-9-25(10-8-20(18)26)21(27)13-29-17-5-6-19-16(12-17)11-15(3)24(19)4/h5-6,11-12,14,18,20,26H,7-10,13H2,1-4H3,(H,23,28)/t18-,20-/m0/s1. The number of nitrogens with zero attached hydrogens (tertiary/aromatic N) is 2. The number of nitrogens with one attached hydrogen (secondary N) is 1. The summed E-state index contributed by atoms with van der Waals surface area (Å²) in [6.45, 7) is 6.58. The summed E-state index contributed by atoms with van der Waals surface area (Å²) in [5.74, 6) is 0.330. The molecule has 0 radical (unpaired) electrons. The summed E-state index contributed by atoms with van der Waals surface area (Å²) < 4.78 is 7.85. The Bertz CT molecular complexity index is 890. The predicted molar refractivity (Wildman–Crippen MR) is 112 cm³/mol. The van der Waals surface area contributed by atoms with Gasteiger partial charge in [0.25, 0.3) is 5.91 Å². The summed E-state index contributed by atoms with van der Waals surface area (Å²) in [4.78, 5) is 26.3. The summed E-state index contributed by atoms with van der Waals surface area (Å²) in [7, 11) is 2.02. The third-order valence-corrected chi connectivity index (χ3v) is 5.69. The zero-order valence-corrected chi connectivity index (χ0v) is 17.6. The number of benzene rings is 1. The first-order valence-corrected chi connectivity index (χ1v) is 10.2. The molecule has 7 nitrogen and oxygen atoms in total. The van der Waals surface area contributed by atoms with Crippen LogP contribution in [0.4, 0.5) is 0 Å². The quantitative estimate of drug-likeness (QED) is 0.803. The Morgan fingerprint density at radius 3 is 2.69 bits per heavy atom. The van der Waals surface area contributed by atoms with E-state index < -0.39 is 6.10 Å². The SMILES string of the molecule is Cc1cc2cc(OCC(=O)N3CC[C@H](NC(=O)C(C)C)[C@@H](O)CC3)ccc2n1C. The maximum Gasteiger partial charge on any atom is 0.260 e. The lowest BCUT2D eigenvalue weighted by Crippen LogP contribution is -2.44. The topological polar surface area (TPSA) is 83.8 Å². The van der Waals surface area contributed by atoms with Gasteiger partial charge in [-0.3, -0.25) is 9.59 Å². The van der Waals surface area contributed by atoms with Crippen molar-refractivity contribution in [3.05, 3.63) is 30.0 Å². The lowest BCUT2D eigenvalue weighted by molar-refractivity contribution is -0.133. The number of aryl methyl sites for hydroxylation is 2. The molecule has 29 heavy (non-hydrogen) atoms. The summed E-state index contributed by atoms with van der Waals surface area (Å²) in [5.41, 5.74) is 2.28. The molecule has 1 saturated heterocycles. The van der Waals surface area contributed by atoms with Gasteiger partial charge in [-0.05, 0) is 44.0 Å². The van der Waals surface area contributed by atoms with Crippen LogP contribution in [-0.2, 0) is 16.6 Å². The third-order valence-electron chi connectivity index (χ3n) is 5.69. The van der Waals surface area contributed by atoms with Gasteiger partial charge in [0.15, 0.2) is 6.61 Å². The first-order chi connectivity index (χ1) is 13.8. The lowest BCUT2D eigenvalue weighted by atomic mass is 10.1. The molecule has 2 aromatic rings. The van der Waals surface area contributed by atoms with Crippen molar-refractivity contribution in [3.63, 3.8) is 0 Å². The molecule has 1 aliphatic rings. The van der Waals surface area contributed by atoms with E-state index >= 15 is 0 Å². The normalized spacial score (nSPS) is 20.0. The Morgan fingerprint density at radius 2 is 1.97 bits per heavy atom. The average molecular weight is 402 g/mol. The van der Waals surface area contributed by atoms with Crippen molar-refractivity contribution in [1.29, 1.82) is 0 Å². The van der Waals surface area contributed by atoms with Gasteiger partial charge in [0, 0.05) is 42.7 Å². The molecular weight excluding hydrogens is 370 g/mol. The molecule has 158 valence electrons. The maximum atomic E-state index is 12.6. The second-order valence-electron chi connectivity index (χ2n) is 8.15. The van der Waals surface area contributed by atoms with Crippen LogP contribution in [0.1, 0.15) is 32.4 Å².